The van der Waals surface area contributed by atoms with E-state index in [1.807, 2.05) is 13.8 Å². The molecular weight excluding hydrogens is 292 g/mol. The average molecular weight is 316 g/mol. The third-order valence-corrected chi connectivity index (χ3v) is 5.73. The average Bonchev–Trinajstić information content (AvgIpc) is 2.65. The van der Waals surface area contributed by atoms with E-state index in [4.69, 9.17) is 4.74 Å². The Morgan fingerprint density at radius 3 is 2.29 bits per heavy atom. The number of carbonyl (C=O) groups is 1. The van der Waals surface area contributed by atoms with Gasteiger partial charge in [-0.25, -0.2) is 13.2 Å². The first kappa shape index (κ1) is 17.7. The van der Waals surface area contributed by atoms with Crippen molar-refractivity contribution in [1.29, 1.82) is 0 Å². The minimum atomic E-state index is -3.65. The number of sulfonamides is 1. The van der Waals surface area contributed by atoms with Crippen LogP contribution in [-0.2, 0) is 14.8 Å². The van der Waals surface area contributed by atoms with E-state index >= 15 is 0 Å². The fourth-order valence-electron chi connectivity index (χ4n) is 2.46. The highest BCUT2D eigenvalue weighted by Gasteiger charge is 2.32. The number of H-pyrrole nitrogens is 1. The fraction of sp³-hybridized carbons (Fsp3) is 0.643. The molecule has 0 aliphatic carbocycles. The van der Waals surface area contributed by atoms with Crippen LogP contribution in [0.4, 0.5) is 0 Å². The first-order chi connectivity index (χ1) is 9.68. The molecule has 0 bridgehead atoms. The Morgan fingerprint density at radius 1 is 1.29 bits per heavy atom. The molecule has 0 spiro atoms. The largest absolute Gasteiger partial charge is 0.461 e. The van der Waals surface area contributed by atoms with E-state index in [-0.39, 0.29) is 23.2 Å². The molecule has 21 heavy (non-hydrogen) atoms. The van der Waals surface area contributed by atoms with Gasteiger partial charge in [0.05, 0.1) is 6.61 Å². The molecule has 0 unspecified atom stereocenters. The molecule has 1 aromatic rings. The first-order valence-corrected chi connectivity index (χ1v) is 8.50. The number of esters is 1. The number of aryl methyl sites for hydroxylation is 1. The topological polar surface area (TPSA) is 79.5 Å². The van der Waals surface area contributed by atoms with E-state index in [0.29, 0.717) is 17.8 Å². The number of ether oxygens (including phenoxy) is 1. The predicted molar refractivity (Wildman–Crippen MR) is 80.9 cm³/mol. The third-order valence-electron chi connectivity index (χ3n) is 3.30. The number of nitrogens with zero attached hydrogens (tertiary/aromatic N) is 1. The molecule has 1 N–H and O–H groups in total. The SMILES string of the molecule is CCOC(=O)c1[nH]c(C)c(S(=O)(=O)N(CC)C(C)C)c1C. The standard InChI is InChI=1S/C14H24N2O4S/c1-7-16(9(3)4)21(18,19)13-10(5)12(15-11(13)6)14(17)20-8-2/h9,15H,7-8H2,1-6H3. The van der Waals surface area contributed by atoms with Crippen LogP contribution in [0.2, 0.25) is 0 Å². The molecule has 0 saturated carbocycles. The fourth-order valence-corrected chi connectivity index (χ4v) is 4.51. The number of aromatic amines is 1. The van der Waals surface area contributed by atoms with E-state index in [9.17, 15) is 13.2 Å². The Balaban J connectivity index is 3.41. The second-order valence-electron chi connectivity index (χ2n) is 5.10. The van der Waals surface area contributed by atoms with Gasteiger partial charge in [-0.15, -0.1) is 0 Å². The van der Waals surface area contributed by atoms with Crippen LogP contribution in [0.15, 0.2) is 4.90 Å². The summed E-state index contributed by atoms with van der Waals surface area (Å²) in [6.45, 7) is 11.0. The van der Waals surface area contributed by atoms with Crippen molar-refractivity contribution in [1.82, 2.24) is 9.29 Å². The van der Waals surface area contributed by atoms with Gasteiger partial charge in [-0.3, -0.25) is 0 Å². The van der Waals surface area contributed by atoms with Gasteiger partial charge in [-0.1, -0.05) is 6.92 Å². The number of carbonyl (C=O) groups excluding carboxylic acids is 1. The van der Waals surface area contributed by atoms with Crippen LogP contribution in [0.5, 0.6) is 0 Å². The van der Waals surface area contributed by atoms with Crippen LogP contribution in [0.25, 0.3) is 0 Å². The molecule has 0 fully saturated rings. The van der Waals surface area contributed by atoms with Gasteiger partial charge in [0.25, 0.3) is 0 Å². The normalized spacial score (nSPS) is 12.2. The number of nitrogens with one attached hydrogen (secondary N) is 1. The molecule has 0 aromatic carbocycles. The van der Waals surface area contributed by atoms with Crippen molar-refractivity contribution in [3.05, 3.63) is 17.0 Å². The molecule has 1 heterocycles. The lowest BCUT2D eigenvalue weighted by Crippen LogP contribution is -2.37. The second kappa shape index (κ2) is 6.62. The minimum absolute atomic E-state index is 0.153. The monoisotopic (exact) mass is 316 g/mol. The molecule has 0 aliphatic rings. The van der Waals surface area contributed by atoms with Crippen molar-refractivity contribution in [2.24, 2.45) is 0 Å². The summed E-state index contributed by atoms with van der Waals surface area (Å²) >= 11 is 0. The van der Waals surface area contributed by atoms with Gasteiger partial charge in [-0.2, -0.15) is 4.31 Å². The van der Waals surface area contributed by atoms with Crippen LogP contribution >= 0.6 is 0 Å². The highest BCUT2D eigenvalue weighted by molar-refractivity contribution is 7.89. The summed E-state index contributed by atoms with van der Waals surface area (Å²) in [5.41, 5.74) is 1.06. The molecule has 120 valence electrons. The predicted octanol–water partition coefficient (Wildman–Crippen LogP) is 2.23. The number of aromatic nitrogens is 1. The van der Waals surface area contributed by atoms with E-state index in [2.05, 4.69) is 4.98 Å². The van der Waals surface area contributed by atoms with E-state index in [1.165, 1.54) is 4.31 Å². The quantitative estimate of drug-likeness (QED) is 0.816. The Labute approximate surface area is 126 Å². The smallest absolute Gasteiger partial charge is 0.355 e. The summed E-state index contributed by atoms with van der Waals surface area (Å²) in [5.74, 6) is -0.535. The number of hydrogen-bond acceptors (Lipinski definition) is 4. The number of rotatable bonds is 6. The summed E-state index contributed by atoms with van der Waals surface area (Å²) in [7, 11) is -3.65. The molecular formula is C14H24N2O4S. The van der Waals surface area contributed by atoms with Crippen molar-refractivity contribution in [2.45, 2.75) is 52.5 Å². The van der Waals surface area contributed by atoms with Gasteiger partial charge in [0.1, 0.15) is 10.6 Å². The highest BCUT2D eigenvalue weighted by atomic mass is 32.2. The van der Waals surface area contributed by atoms with Crippen LogP contribution in [0.1, 0.15) is 49.4 Å². The maximum atomic E-state index is 12.8. The lowest BCUT2D eigenvalue weighted by molar-refractivity contribution is 0.0519. The lowest BCUT2D eigenvalue weighted by Gasteiger charge is -2.24. The summed E-state index contributed by atoms with van der Waals surface area (Å²) in [6.07, 6.45) is 0. The van der Waals surface area contributed by atoms with Crippen molar-refractivity contribution >= 4 is 16.0 Å². The van der Waals surface area contributed by atoms with Crippen molar-refractivity contribution < 1.29 is 17.9 Å². The van der Waals surface area contributed by atoms with E-state index < -0.39 is 16.0 Å². The maximum absolute atomic E-state index is 12.8. The Hall–Kier alpha value is -1.34. The summed E-state index contributed by atoms with van der Waals surface area (Å²) in [6, 6.07) is -0.153. The van der Waals surface area contributed by atoms with Gasteiger partial charge >= 0.3 is 5.97 Å². The highest BCUT2D eigenvalue weighted by Crippen LogP contribution is 2.27. The Kier molecular flexibility index (Phi) is 5.58. The molecule has 0 atom stereocenters. The Morgan fingerprint density at radius 2 is 1.86 bits per heavy atom. The molecule has 6 nitrogen and oxygen atoms in total. The van der Waals surface area contributed by atoms with Gasteiger partial charge in [0, 0.05) is 23.8 Å². The summed E-state index contributed by atoms with van der Waals surface area (Å²) in [4.78, 5) is 14.9. The van der Waals surface area contributed by atoms with Crippen molar-refractivity contribution in [3.8, 4) is 0 Å². The Bertz CT molecular complexity index is 617. The van der Waals surface area contributed by atoms with Gasteiger partial charge in [0.15, 0.2) is 0 Å². The van der Waals surface area contributed by atoms with Crippen molar-refractivity contribution in [3.63, 3.8) is 0 Å². The van der Waals surface area contributed by atoms with Gasteiger partial charge in [-0.05, 0) is 34.6 Å². The van der Waals surface area contributed by atoms with Gasteiger partial charge in [0.2, 0.25) is 10.0 Å². The van der Waals surface area contributed by atoms with Crippen LogP contribution < -0.4 is 0 Å². The van der Waals surface area contributed by atoms with E-state index in [1.54, 1.807) is 27.7 Å². The third kappa shape index (κ3) is 3.29. The molecule has 0 saturated heterocycles. The molecule has 1 aromatic heterocycles. The number of hydrogen-bond donors (Lipinski definition) is 1. The van der Waals surface area contributed by atoms with Crippen LogP contribution in [0.3, 0.4) is 0 Å². The van der Waals surface area contributed by atoms with Crippen molar-refractivity contribution in [2.75, 3.05) is 13.2 Å². The van der Waals surface area contributed by atoms with Crippen LogP contribution in [-0.4, -0.2) is 42.9 Å². The molecule has 1 rings (SSSR count). The zero-order valence-electron chi connectivity index (χ0n) is 13.5. The minimum Gasteiger partial charge on any atom is -0.461 e. The molecule has 7 heteroatoms. The lowest BCUT2D eigenvalue weighted by atomic mass is 10.2. The summed E-state index contributed by atoms with van der Waals surface area (Å²) in [5, 5.41) is 0. The molecule has 0 radical (unpaired) electrons. The van der Waals surface area contributed by atoms with Gasteiger partial charge < -0.3 is 9.72 Å². The molecule has 0 aliphatic heterocycles. The zero-order valence-corrected chi connectivity index (χ0v) is 14.3. The molecule has 0 amide bonds. The van der Waals surface area contributed by atoms with Crippen LogP contribution in [0, 0.1) is 13.8 Å². The summed E-state index contributed by atoms with van der Waals surface area (Å²) < 4.78 is 31.9. The first-order valence-electron chi connectivity index (χ1n) is 7.06. The second-order valence-corrected chi connectivity index (χ2v) is 6.93. The van der Waals surface area contributed by atoms with E-state index in [0.717, 1.165) is 0 Å². The maximum Gasteiger partial charge on any atom is 0.355 e. The zero-order chi connectivity index (χ0) is 16.4.